The molecule has 0 spiro atoms. The second-order valence-corrected chi connectivity index (χ2v) is 8.85. The van der Waals surface area contributed by atoms with Crippen molar-refractivity contribution in [2.45, 2.75) is 64.9 Å². The molecular formula is C31H37FO. The number of unbranched alkanes of at least 4 members (excludes halogenated alkanes) is 3. The summed E-state index contributed by atoms with van der Waals surface area (Å²) in [4.78, 5) is 0. The molecule has 0 radical (unpaired) electrons. The van der Waals surface area contributed by atoms with Gasteiger partial charge >= 0.3 is 0 Å². The zero-order valence-electron chi connectivity index (χ0n) is 20.2. The minimum absolute atomic E-state index is 0.186. The van der Waals surface area contributed by atoms with Gasteiger partial charge in [-0.2, -0.15) is 0 Å². The molecule has 0 aliphatic heterocycles. The molecule has 174 valence electrons. The Hall–Kier alpha value is -2.71. The number of rotatable bonds is 13. The number of halogens is 1. The highest BCUT2D eigenvalue weighted by atomic mass is 19.1. The summed E-state index contributed by atoms with van der Waals surface area (Å²) in [6, 6.07) is 18.0. The molecule has 2 heteroatoms. The SMILES string of the molecule is C=CCc1ccc(-c2ccc3cc(C=CCCCC(C)OCCCCC)ccc3c2)c(F)c1. The minimum Gasteiger partial charge on any atom is -0.379 e. The Morgan fingerprint density at radius 3 is 2.58 bits per heavy atom. The molecule has 0 aliphatic carbocycles. The summed E-state index contributed by atoms with van der Waals surface area (Å²) in [5.41, 5.74) is 3.67. The Morgan fingerprint density at radius 1 is 0.970 bits per heavy atom. The molecular weight excluding hydrogens is 407 g/mol. The summed E-state index contributed by atoms with van der Waals surface area (Å²) >= 11 is 0. The first kappa shape index (κ1) is 24.9. The Labute approximate surface area is 199 Å². The molecule has 33 heavy (non-hydrogen) atoms. The van der Waals surface area contributed by atoms with Crippen LogP contribution in [-0.2, 0) is 11.2 Å². The molecule has 3 rings (SSSR count). The maximum absolute atomic E-state index is 14.6. The van der Waals surface area contributed by atoms with E-state index in [1.54, 1.807) is 12.1 Å². The molecule has 3 aromatic carbocycles. The zero-order valence-corrected chi connectivity index (χ0v) is 20.2. The van der Waals surface area contributed by atoms with Crippen LogP contribution < -0.4 is 0 Å². The first-order chi connectivity index (χ1) is 16.1. The summed E-state index contributed by atoms with van der Waals surface area (Å²) in [5, 5.41) is 2.28. The van der Waals surface area contributed by atoms with Crippen molar-refractivity contribution in [1.29, 1.82) is 0 Å². The Balaban J connectivity index is 1.56. The van der Waals surface area contributed by atoms with Crippen LogP contribution in [0.1, 0.15) is 63.5 Å². The first-order valence-corrected chi connectivity index (χ1v) is 12.3. The smallest absolute Gasteiger partial charge is 0.131 e. The molecule has 0 saturated carbocycles. The summed E-state index contributed by atoms with van der Waals surface area (Å²) in [7, 11) is 0. The molecule has 0 N–H and O–H groups in total. The standard InChI is InChI=1S/C31H37FO/c1-4-6-10-20-33-24(3)12-8-7-9-13-26-14-16-28-23-29(18-17-27(28)21-26)30-19-15-25(11-5-2)22-31(30)32/h5,9,13-19,21-24H,2,4,6-8,10-12,20H2,1,3H3. The van der Waals surface area contributed by atoms with E-state index < -0.39 is 0 Å². The highest BCUT2D eigenvalue weighted by Gasteiger charge is 2.07. The van der Waals surface area contributed by atoms with Gasteiger partial charge < -0.3 is 4.74 Å². The Bertz CT molecular complexity index is 1070. The van der Waals surface area contributed by atoms with Crippen molar-refractivity contribution >= 4 is 16.8 Å². The normalized spacial score (nSPS) is 12.5. The number of fused-ring (bicyclic) bond motifs is 1. The molecule has 3 aromatic rings. The van der Waals surface area contributed by atoms with E-state index >= 15 is 0 Å². The molecule has 0 amide bonds. The lowest BCUT2D eigenvalue weighted by molar-refractivity contribution is 0.0566. The van der Waals surface area contributed by atoms with Gasteiger partial charge in [-0.1, -0.05) is 74.4 Å². The lowest BCUT2D eigenvalue weighted by atomic mass is 9.98. The lowest BCUT2D eigenvalue weighted by Gasteiger charge is -2.12. The number of ether oxygens (including phenoxy) is 1. The zero-order chi connectivity index (χ0) is 23.5. The maximum Gasteiger partial charge on any atom is 0.131 e. The second kappa shape index (κ2) is 13.1. The lowest BCUT2D eigenvalue weighted by Crippen LogP contribution is -2.08. The number of allylic oxidation sites excluding steroid dienone is 2. The molecule has 0 aliphatic rings. The van der Waals surface area contributed by atoms with E-state index in [4.69, 9.17) is 4.74 Å². The van der Waals surface area contributed by atoms with Crippen LogP contribution in [0.4, 0.5) is 4.39 Å². The fourth-order valence-electron chi connectivity index (χ4n) is 4.08. The molecule has 0 saturated heterocycles. The van der Waals surface area contributed by atoms with Crippen LogP contribution in [0.5, 0.6) is 0 Å². The Morgan fingerprint density at radius 2 is 1.79 bits per heavy atom. The van der Waals surface area contributed by atoms with Gasteiger partial charge in [0.1, 0.15) is 5.82 Å². The third-order valence-electron chi connectivity index (χ3n) is 6.03. The quantitative estimate of drug-likeness (QED) is 0.189. The van der Waals surface area contributed by atoms with Crippen molar-refractivity contribution in [2.24, 2.45) is 0 Å². The monoisotopic (exact) mass is 444 g/mol. The van der Waals surface area contributed by atoms with E-state index in [1.807, 2.05) is 18.2 Å². The van der Waals surface area contributed by atoms with Gasteiger partial charge in [-0.05, 0) is 84.7 Å². The van der Waals surface area contributed by atoms with E-state index in [0.29, 0.717) is 18.1 Å². The molecule has 0 aromatic heterocycles. The topological polar surface area (TPSA) is 9.23 Å². The van der Waals surface area contributed by atoms with Crippen LogP contribution in [0.2, 0.25) is 0 Å². The maximum atomic E-state index is 14.6. The van der Waals surface area contributed by atoms with Crippen LogP contribution in [0.15, 0.2) is 73.3 Å². The molecule has 1 nitrogen and oxygen atoms in total. The van der Waals surface area contributed by atoms with E-state index in [9.17, 15) is 4.39 Å². The van der Waals surface area contributed by atoms with E-state index in [-0.39, 0.29) is 5.82 Å². The largest absolute Gasteiger partial charge is 0.379 e. The number of hydrogen-bond acceptors (Lipinski definition) is 1. The molecule has 0 fully saturated rings. The van der Waals surface area contributed by atoms with Crippen LogP contribution in [0, 0.1) is 5.82 Å². The molecule has 0 bridgehead atoms. The second-order valence-electron chi connectivity index (χ2n) is 8.85. The van der Waals surface area contributed by atoms with Crippen molar-refractivity contribution in [2.75, 3.05) is 6.61 Å². The van der Waals surface area contributed by atoms with Crippen LogP contribution in [-0.4, -0.2) is 12.7 Å². The van der Waals surface area contributed by atoms with Gasteiger partial charge in [-0.15, -0.1) is 6.58 Å². The van der Waals surface area contributed by atoms with Gasteiger partial charge in [0.15, 0.2) is 0 Å². The summed E-state index contributed by atoms with van der Waals surface area (Å²) in [5.74, 6) is -0.186. The van der Waals surface area contributed by atoms with Gasteiger partial charge in [0.2, 0.25) is 0 Å². The fraction of sp³-hybridized carbons (Fsp3) is 0.355. The van der Waals surface area contributed by atoms with E-state index in [0.717, 1.165) is 42.4 Å². The summed E-state index contributed by atoms with van der Waals surface area (Å²) < 4.78 is 20.5. The molecule has 1 atom stereocenters. The van der Waals surface area contributed by atoms with Gasteiger partial charge in [0.05, 0.1) is 6.10 Å². The third kappa shape index (κ3) is 7.68. The highest BCUT2D eigenvalue weighted by molar-refractivity contribution is 5.89. The average molecular weight is 445 g/mol. The number of benzene rings is 3. The van der Waals surface area contributed by atoms with Gasteiger partial charge in [-0.25, -0.2) is 4.39 Å². The van der Waals surface area contributed by atoms with Crippen molar-refractivity contribution in [3.8, 4) is 11.1 Å². The van der Waals surface area contributed by atoms with Crippen molar-refractivity contribution in [3.63, 3.8) is 0 Å². The van der Waals surface area contributed by atoms with E-state index in [1.165, 1.54) is 30.2 Å². The van der Waals surface area contributed by atoms with Crippen molar-refractivity contribution < 1.29 is 9.13 Å². The van der Waals surface area contributed by atoms with E-state index in [2.05, 4.69) is 62.9 Å². The fourth-order valence-corrected chi connectivity index (χ4v) is 4.08. The molecule has 1 unspecified atom stereocenters. The van der Waals surface area contributed by atoms with Gasteiger partial charge in [0.25, 0.3) is 0 Å². The molecule has 0 heterocycles. The highest BCUT2D eigenvalue weighted by Crippen LogP contribution is 2.28. The average Bonchev–Trinajstić information content (AvgIpc) is 2.81. The third-order valence-corrected chi connectivity index (χ3v) is 6.03. The van der Waals surface area contributed by atoms with Gasteiger partial charge in [-0.3, -0.25) is 0 Å². The predicted molar refractivity (Wildman–Crippen MR) is 141 cm³/mol. The van der Waals surface area contributed by atoms with Crippen LogP contribution in [0.3, 0.4) is 0 Å². The van der Waals surface area contributed by atoms with Crippen molar-refractivity contribution in [3.05, 3.63) is 90.3 Å². The Kier molecular flexibility index (Phi) is 9.90. The van der Waals surface area contributed by atoms with Gasteiger partial charge in [0, 0.05) is 12.2 Å². The predicted octanol–water partition coefficient (Wildman–Crippen LogP) is 9.15. The summed E-state index contributed by atoms with van der Waals surface area (Å²) in [6.45, 7) is 9.00. The number of hydrogen-bond donors (Lipinski definition) is 0. The van der Waals surface area contributed by atoms with Crippen molar-refractivity contribution in [1.82, 2.24) is 0 Å². The first-order valence-electron chi connectivity index (χ1n) is 12.3. The van der Waals surface area contributed by atoms with Crippen LogP contribution >= 0.6 is 0 Å². The summed E-state index contributed by atoms with van der Waals surface area (Å²) in [6.07, 6.45) is 14.2. The minimum atomic E-state index is -0.186. The van der Waals surface area contributed by atoms with Crippen LogP contribution in [0.25, 0.3) is 28.0 Å².